The summed E-state index contributed by atoms with van der Waals surface area (Å²) in [6, 6.07) is 5.28. The van der Waals surface area contributed by atoms with Gasteiger partial charge >= 0.3 is 0 Å². The van der Waals surface area contributed by atoms with Crippen LogP contribution in [0.4, 0.5) is 0 Å². The Hall–Kier alpha value is -1.58. The normalized spacial score (nSPS) is 9.44. The monoisotopic (exact) mass is 282 g/mol. The zero-order valence-corrected chi connectivity index (χ0v) is 11.2. The van der Waals surface area contributed by atoms with Crippen molar-refractivity contribution in [2.75, 3.05) is 0 Å². The van der Waals surface area contributed by atoms with Crippen LogP contribution in [0.25, 0.3) is 0 Å². The van der Waals surface area contributed by atoms with Crippen molar-refractivity contribution in [2.45, 2.75) is 6.54 Å². The lowest BCUT2D eigenvalue weighted by Crippen LogP contribution is -2.03. The molecule has 0 unspecified atom stereocenters. The van der Waals surface area contributed by atoms with E-state index in [1.165, 1.54) is 0 Å². The highest BCUT2D eigenvalue weighted by Gasteiger charge is 2.03. The summed E-state index contributed by atoms with van der Waals surface area (Å²) in [5.41, 5.74) is 0.929. The lowest BCUT2D eigenvalue weighted by molar-refractivity contribution is 0.111. The van der Waals surface area contributed by atoms with Gasteiger partial charge in [-0.15, -0.1) is 13.2 Å². The highest BCUT2D eigenvalue weighted by Crippen LogP contribution is 2.19. The standard InChI is InChI=1S/C11H8Cl2N2O.C2H4/c12-9-3-8(4-10(13)5-9)6-15-2-1-14-11(15)7-16;1-2/h1-5,7H,6H2;1-2H2. The van der Waals surface area contributed by atoms with E-state index in [2.05, 4.69) is 18.1 Å². The predicted octanol–water partition coefficient (Wildman–Crippen LogP) is 3.85. The van der Waals surface area contributed by atoms with Crippen LogP contribution in [-0.2, 0) is 6.54 Å². The quantitative estimate of drug-likeness (QED) is 0.633. The number of imidazole rings is 1. The molecular weight excluding hydrogens is 271 g/mol. The number of carbonyl (C=O) groups is 1. The van der Waals surface area contributed by atoms with Crippen molar-refractivity contribution in [3.8, 4) is 0 Å². The minimum absolute atomic E-state index is 0.385. The first-order chi connectivity index (χ1) is 8.69. The Morgan fingerprint density at radius 2 is 1.83 bits per heavy atom. The van der Waals surface area contributed by atoms with E-state index in [4.69, 9.17) is 23.2 Å². The minimum Gasteiger partial charge on any atom is -0.324 e. The maximum Gasteiger partial charge on any atom is 0.185 e. The van der Waals surface area contributed by atoms with Gasteiger partial charge < -0.3 is 4.57 Å². The second kappa shape index (κ2) is 6.99. The number of aldehydes is 1. The summed E-state index contributed by atoms with van der Waals surface area (Å²) in [7, 11) is 0. The molecule has 3 nitrogen and oxygen atoms in total. The van der Waals surface area contributed by atoms with E-state index in [-0.39, 0.29) is 0 Å². The Balaban J connectivity index is 0.000000771. The summed E-state index contributed by atoms with van der Waals surface area (Å²) in [6.07, 6.45) is 4.03. The molecule has 94 valence electrons. The van der Waals surface area contributed by atoms with Crippen LogP contribution in [0.3, 0.4) is 0 Å². The van der Waals surface area contributed by atoms with Gasteiger partial charge in [0.1, 0.15) is 0 Å². The molecule has 0 amide bonds. The summed E-state index contributed by atoms with van der Waals surface area (Å²) in [6.45, 7) is 6.52. The van der Waals surface area contributed by atoms with E-state index in [1.54, 1.807) is 23.0 Å². The Labute approximate surface area is 116 Å². The molecular formula is C13H12Cl2N2O. The second-order valence-electron chi connectivity index (χ2n) is 3.31. The van der Waals surface area contributed by atoms with Gasteiger partial charge in [0.05, 0.1) is 0 Å². The van der Waals surface area contributed by atoms with E-state index in [1.807, 2.05) is 12.1 Å². The number of aromatic nitrogens is 2. The fraction of sp³-hybridized carbons (Fsp3) is 0.0769. The van der Waals surface area contributed by atoms with Crippen LogP contribution >= 0.6 is 23.2 Å². The lowest BCUT2D eigenvalue weighted by atomic mass is 10.2. The molecule has 1 heterocycles. The third-order valence-electron chi connectivity index (χ3n) is 2.13. The van der Waals surface area contributed by atoms with Gasteiger partial charge in [0, 0.05) is 29.0 Å². The van der Waals surface area contributed by atoms with Crippen molar-refractivity contribution in [1.82, 2.24) is 9.55 Å². The number of halogens is 2. The first-order valence-electron chi connectivity index (χ1n) is 5.10. The van der Waals surface area contributed by atoms with Crippen molar-refractivity contribution in [3.63, 3.8) is 0 Å². The molecule has 2 aromatic rings. The Morgan fingerprint density at radius 1 is 1.22 bits per heavy atom. The summed E-state index contributed by atoms with van der Waals surface area (Å²) < 4.78 is 1.73. The predicted molar refractivity (Wildman–Crippen MR) is 74.4 cm³/mol. The maximum atomic E-state index is 10.7. The van der Waals surface area contributed by atoms with Gasteiger partial charge in [0.2, 0.25) is 0 Å². The topological polar surface area (TPSA) is 34.9 Å². The molecule has 0 bridgehead atoms. The number of hydrogen-bond donors (Lipinski definition) is 0. The zero-order valence-electron chi connectivity index (χ0n) is 9.64. The molecule has 0 spiro atoms. The Kier molecular flexibility index (Phi) is 5.62. The third-order valence-corrected chi connectivity index (χ3v) is 2.56. The number of benzene rings is 1. The highest BCUT2D eigenvalue weighted by molar-refractivity contribution is 6.34. The molecule has 0 aliphatic carbocycles. The second-order valence-corrected chi connectivity index (χ2v) is 4.18. The van der Waals surface area contributed by atoms with Gasteiger partial charge in [-0.25, -0.2) is 4.98 Å². The maximum absolute atomic E-state index is 10.7. The summed E-state index contributed by atoms with van der Waals surface area (Å²) in [4.78, 5) is 14.6. The van der Waals surface area contributed by atoms with E-state index >= 15 is 0 Å². The van der Waals surface area contributed by atoms with Crippen LogP contribution < -0.4 is 0 Å². The molecule has 0 fully saturated rings. The van der Waals surface area contributed by atoms with E-state index < -0.39 is 0 Å². The van der Waals surface area contributed by atoms with Crippen molar-refractivity contribution in [3.05, 3.63) is 65.2 Å². The van der Waals surface area contributed by atoms with Crippen LogP contribution in [-0.4, -0.2) is 15.8 Å². The molecule has 0 N–H and O–H groups in total. The fourth-order valence-corrected chi connectivity index (χ4v) is 2.04. The SMILES string of the molecule is C=C.O=Cc1nccn1Cc1cc(Cl)cc(Cl)c1. The number of carbonyl (C=O) groups excluding carboxylic acids is 1. The van der Waals surface area contributed by atoms with E-state index in [9.17, 15) is 4.79 Å². The van der Waals surface area contributed by atoms with Crippen LogP contribution in [0.5, 0.6) is 0 Å². The largest absolute Gasteiger partial charge is 0.324 e. The Morgan fingerprint density at radius 3 is 2.39 bits per heavy atom. The van der Waals surface area contributed by atoms with Gasteiger partial charge in [-0.05, 0) is 23.8 Å². The van der Waals surface area contributed by atoms with Crippen molar-refractivity contribution >= 4 is 29.5 Å². The number of nitrogens with zero attached hydrogens (tertiary/aromatic N) is 2. The molecule has 5 heteroatoms. The van der Waals surface area contributed by atoms with E-state index in [0.29, 0.717) is 28.7 Å². The van der Waals surface area contributed by atoms with Gasteiger partial charge in [-0.2, -0.15) is 0 Å². The average molecular weight is 283 g/mol. The molecule has 1 aromatic heterocycles. The summed E-state index contributed by atoms with van der Waals surface area (Å²) in [5, 5.41) is 1.16. The van der Waals surface area contributed by atoms with E-state index in [0.717, 1.165) is 5.56 Å². The Bertz CT molecular complexity index is 517. The van der Waals surface area contributed by atoms with Gasteiger partial charge in [0.15, 0.2) is 12.1 Å². The fourth-order valence-electron chi connectivity index (χ4n) is 1.47. The molecule has 0 atom stereocenters. The molecule has 2 rings (SSSR count). The van der Waals surface area contributed by atoms with Crippen molar-refractivity contribution in [1.29, 1.82) is 0 Å². The van der Waals surface area contributed by atoms with Crippen LogP contribution in [0.2, 0.25) is 10.0 Å². The minimum atomic E-state index is 0.385. The molecule has 18 heavy (non-hydrogen) atoms. The van der Waals surface area contributed by atoms with Crippen LogP contribution in [0.1, 0.15) is 16.2 Å². The molecule has 0 aliphatic rings. The first-order valence-corrected chi connectivity index (χ1v) is 5.86. The molecule has 1 aromatic carbocycles. The summed E-state index contributed by atoms with van der Waals surface area (Å²) in [5.74, 6) is 0.385. The molecule has 0 saturated heterocycles. The first kappa shape index (κ1) is 14.5. The molecule has 0 saturated carbocycles. The number of rotatable bonds is 3. The number of hydrogen-bond acceptors (Lipinski definition) is 2. The van der Waals surface area contributed by atoms with Crippen LogP contribution in [0.15, 0.2) is 43.8 Å². The zero-order chi connectivity index (χ0) is 13.5. The average Bonchev–Trinajstić information content (AvgIpc) is 2.77. The smallest absolute Gasteiger partial charge is 0.185 e. The highest BCUT2D eigenvalue weighted by atomic mass is 35.5. The van der Waals surface area contributed by atoms with Gasteiger partial charge in [-0.3, -0.25) is 4.79 Å². The van der Waals surface area contributed by atoms with Crippen molar-refractivity contribution < 1.29 is 4.79 Å². The molecule has 0 aliphatic heterocycles. The van der Waals surface area contributed by atoms with Crippen LogP contribution in [0, 0.1) is 0 Å². The van der Waals surface area contributed by atoms with Crippen molar-refractivity contribution in [2.24, 2.45) is 0 Å². The lowest BCUT2D eigenvalue weighted by Gasteiger charge is -2.05. The third kappa shape index (κ3) is 3.72. The summed E-state index contributed by atoms with van der Waals surface area (Å²) >= 11 is 11.8. The van der Waals surface area contributed by atoms with Gasteiger partial charge in [0.25, 0.3) is 0 Å². The molecule has 0 radical (unpaired) electrons. The van der Waals surface area contributed by atoms with Gasteiger partial charge in [-0.1, -0.05) is 23.2 Å².